The number of hydrogen-bond donors (Lipinski definition) is 2. The zero-order chi connectivity index (χ0) is 11.6. The van der Waals surface area contributed by atoms with Gasteiger partial charge in [0.15, 0.2) is 0 Å². The van der Waals surface area contributed by atoms with E-state index in [9.17, 15) is 8.42 Å². The monoisotopic (exact) mass is 241 g/mol. The van der Waals surface area contributed by atoms with Crippen LogP contribution in [-0.4, -0.2) is 19.5 Å². The van der Waals surface area contributed by atoms with Crippen molar-refractivity contribution in [3.8, 4) is 0 Å². The van der Waals surface area contributed by atoms with E-state index in [1.807, 2.05) is 12.1 Å². The van der Waals surface area contributed by atoms with Gasteiger partial charge in [0.05, 0.1) is 0 Å². The molecule has 16 heavy (non-hydrogen) atoms. The van der Waals surface area contributed by atoms with E-state index >= 15 is 0 Å². The van der Waals surface area contributed by atoms with Crippen molar-refractivity contribution >= 4 is 10.3 Å². The molecule has 2 rings (SSSR count). The van der Waals surface area contributed by atoms with Crippen LogP contribution in [0.1, 0.15) is 17.5 Å². The molecule has 1 aliphatic rings. The number of aryl methyl sites for hydroxylation is 1. The number of hydrogen-bond acceptors (Lipinski definition) is 2. The highest BCUT2D eigenvalue weighted by molar-refractivity contribution is 7.83. The highest BCUT2D eigenvalue weighted by atomic mass is 32.2. The molecule has 88 valence electrons. The van der Waals surface area contributed by atoms with E-state index in [1.165, 1.54) is 11.1 Å². The minimum absolute atomic E-state index is 0.275. The minimum Gasteiger partial charge on any atom is -0.273 e. The maximum Gasteiger partial charge on any atom is 0.333 e. The van der Waals surface area contributed by atoms with Crippen LogP contribution in [0, 0.1) is 5.92 Å². The summed E-state index contributed by atoms with van der Waals surface area (Å²) in [7, 11) is -4.05. The number of rotatable bonds is 3. The van der Waals surface area contributed by atoms with Gasteiger partial charge in [-0.15, -0.1) is 0 Å². The zero-order valence-corrected chi connectivity index (χ0v) is 9.70. The highest BCUT2D eigenvalue weighted by Gasteiger charge is 2.19. The van der Waals surface area contributed by atoms with E-state index in [4.69, 9.17) is 4.55 Å². The van der Waals surface area contributed by atoms with Gasteiger partial charge in [0, 0.05) is 6.54 Å². The molecule has 2 N–H and O–H groups in total. The Bertz CT molecular complexity index is 470. The molecule has 0 aliphatic heterocycles. The second kappa shape index (κ2) is 4.53. The number of fused-ring (bicyclic) bond motifs is 1. The fourth-order valence-electron chi connectivity index (χ4n) is 2.17. The Kier molecular flexibility index (Phi) is 3.28. The summed E-state index contributed by atoms with van der Waals surface area (Å²) in [5.41, 5.74) is 2.64. The number of nitrogens with one attached hydrogen (secondary N) is 1. The summed E-state index contributed by atoms with van der Waals surface area (Å²) in [6, 6.07) is 8.21. The van der Waals surface area contributed by atoms with E-state index in [-0.39, 0.29) is 5.92 Å². The largest absolute Gasteiger partial charge is 0.333 e. The maximum atomic E-state index is 10.6. The molecule has 1 unspecified atom stereocenters. The summed E-state index contributed by atoms with van der Waals surface area (Å²) < 4.78 is 31.9. The van der Waals surface area contributed by atoms with Crippen molar-refractivity contribution in [3.63, 3.8) is 0 Å². The highest BCUT2D eigenvalue weighted by Crippen LogP contribution is 2.24. The van der Waals surface area contributed by atoms with Crippen LogP contribution in [0.3, 0.4) is 0 Å². The van der Waals surface area contributed by atoms with Crippen LogP contribution in [0.25, 0.3) is 0 Å². The fraction of sp³-hybridized carbons (Fsp3) is 0.455. The molecule has 4 nitrogen and oxygen atoms in total. The van der Waals surface area contributed by atoms with E-state index in [0.29, 0.717) is 6.54 Å². The van der Waals surface area contributed by atoms with Crippen LogP contribution in [0.2, 0.25) is 0 Å². The smallest absolute Gasteiger partial charge is 0.273 e. The Balaban J connectivity index is 1.98. The molecule has 5 heteroatoms. The number of benzene rings is 1. The van der Waals surface area contributed by atoms with E-state index < -0.39 is 10.3 Å². The van der Waals surface area contributed by atoms with Crippen LogP contribution in [0.4, 0.5) is 0 Å². The van der Waals surface area contributed by atoms with Gasteiger partial charge < -0.3 is 0 Å². The lowest BCUT2D eigenvalue weighted by molar-refractivity contribution is 0.423. The Morgan fingerprint density at radius 1 is 1.31 bits per heavy atom. The molecular weight excluding hydrogens is 226 g/mol. The Morgan fingerprint density at radius 2 is 2.00 bits per heavy atom. The van der Waals surface area contributed by atoms with Crippen molar-refractivity contribution in [2.75, 3.05) is 6.54 Å². The quantitative estimate of drug-likeness (QED) is 0.781. The van der Waals surface area contributed by atoms with Gasteiger partial charge in [-0.2, -0.15) is 13.1 Å². The lowest BCUT2D eigenvalue weighted by Gasteiger charge is -2.24. The normalized spacial score (nSPS) is 20.4. The first-order valence-corrected chi connectivity index (χ1v) is 6.77. The molecule has 1 atom stereocenters. The molecular formula is C11H15NO3S. The van der Waals surface area contributed by atoms with Crippen LogP contribution >= 0.6 is 0 Å². The lowest BCUT2D eigenvalue weighted by atomic mass is 9.84. The predicted octanol–water partition coefficient (Wildman–Crippen LogP) is 1.18. The van der Waals surface area contributed by atoms with Gasteiger partial charge in [0.1, 0.15) is 0 Å². The molecule has 0 radical (unpaired) electrons. The van der Waals surface area contributed by atoms with E-state index in [2.05, 4.69) is 16.9 Å². The maximum absolute atomic E-state index is 10.6. The molecule has 1 aromatic rings. The van der Waals surface area contributed by atoms with Crippen LogP contribution in [0.15, 0.2) is 24.3 Å². The van der Waals surface area contributed by atoms with Gasteiger partial charge in [-0.3, -0.25) is 4.55 Å². The second-order valence-electron chi connectivity index (χ2n) is 4.20. The molecule has 0 saturated heterocycles. The SMILES string of the molecule is O=S(=O)(O)NCC1CCc2ccccc2C1. The van der Waals surface area contributed by atoms with Crippen molar-refractivity contribution in [3.05, 3.63) is 35.4 Å². The summed E-state index contributed by atoms with van der Waals surface area (Å²) >= 11 is 0. The Hall–Kier alpha value is -0.910. The van der Waals surface area contributed by atoms with Gasteiger partial charge in [-0.25, -0.2) is 0 Å². The average molecular weight is 241 g/mol. The molecule has 0 spiro atoms. The van der Waals surface area contributed by atoms with Gasteiger partial charge in [0.2, 0.25) is 0 Å². The summed E-state index contributed by atoms with van der Waals surface area (Å²) in [4.78, 5) is 0. The Morgan fingerprint density at radius 3 is 2.69 bits per heavy atom. The molecule has 0 amide bonds. The third-order valence-electron chi connectivity index (χ3n) is 3.00. The van der Waals surface area contributed by atoms with Crippen LogP contribution < -0.4 is 4.72 Å². The van der Waals surface area contributed by atoms with E-state index in [1.54, 1.807) is 0 Å². The molecule has 0 aromatic heterocycles. The molecule has 0 saturated carbocycles. The molecule has 1 aliphatic carbocycles. The lowest BCUT2D eigenvalue weighted by Crippen LogP contribution is -2.31. The van der Waals surface area contributed by atoms with Crippen molar-refractivity contribution in [2.24, 2.45) is 5.92 Å². The first-order chi connectivity index (χ1) is 7.54. The van der Waals surface area contributed by atoms with Gasteiger partial charge in [-0.05, 0) is 36.3 Å². The summed E-state index contributed by atoms with van der Waals surface area (Å²) in [6.45, 7) is 0.313. The van der Waals surface area contributed by atoms with Crippen molar-refractivity contribution in [1.29, 1.82) is 0 Å². The molecule has 0 bridgehead atoms. The summed E-state index contributed by atoms with van der Waals surface area (Å²) in [5.74, 6) is 0.275. The predicted molar refractivity (Wildman–Crippen MR) is 61.5 cm³/mol. The van der Waals surface area contributed by atoms with Crippen molar-refractivity contribution in [2.45, 2.75) is 19.3 Å². The topological polar surface area (TPSA) is 66.4 Å². The van der Waals surface area contributed by atoms with Gasteiger partial charge >= 0.3 is 10.3 Å². The van der Waals surface area contributed by atoms with E-state index in [0.717, 1.165) is 19.3 Å². The molecule has 0 fully saturated rings. The first kappa shape index (κ1) is 11.6. The van der Waals surface area contributed by atoms with Crippen molar-refractivity contribution < 1.29 is 13.0 Å². The fourth-order valence-corrected chi connectivity index (χ4v) is 2.62. The third-order valence-corrected chi connectivity index (χ3v) is 3.53. The summed E-state index contributed by atoms with van der Waals surface area (Å²) in [6.07, 6.45) is 2.81. The molecule has 1 aromatic carbocycles. The standard InChI is InChI=1S/C11H15NO3S/c13-16(14,15)12-8-9-5-6-10-3-1-2-4-11(10)7-9/h1-4,9,12H,5-8H2,(H,13,14,15). The molecule has 0 heterocycles. The third kappa shape index (κ3) is 3.04. The average Bonchev–Trinajstić information content (AvgIpc) is 2.25. The summed E-state index contributed by atoms with van der Waals surface area (Å²) in [5, 5.41) is 0. The van der Waals surface area contributed by atoms with Gasteiger partial charge in [0.25, 0.3) is 0 Å². The van der Waals surface area contributed by atoms with Crippen molar-refractivity contribution in [1.82, 2.24) is 4.72 Å². The zero-order valence-electron chi connectivity index (χ0n) is 8.89. The Labute approximate surface area is 95.6 Å². The van der Waals surface area contributed by atoms with Gasteiger partial charge in [-0.1, -0.05) is 24.3 Å². The first-order valence-electron chi connectivity index (χ1n) is 5.33. The van der Waals surface area contributed by atoms with Crippen LogP contribution in [0.5, 0.6) is 0 Å². The second-order valence-corrected chi connectivity index (χ2v) is 5.44. The van der Waals surface area contributed by atoms with Crippen LogP contribution in [-0.2, 0) is 23.1 Å². The minimum atomic E-state index is -4.05.